The first-order chi connectivity index (χ1) is 29.7. The van der Waals surface area contributed by atoms with Crippen LogP contribution < -0.4 is 0 Å². The fourth-order valence-electron chi connectivity index (χ4n) is 9.83. The second-order valence-corrected chi connectivity index (χ2v) is 17.2. The Balaban J connectivity index is 0.873. The predicted molar refractivity (Wildman–Crippen MR) is 260 cm³/mol. The highest BCUT2D eigenvalue weighted by molar-refractivity contribution is 7.25. The molecule has 0 N–H and O–H groups in total. The van der Waals surface area contributed by atoms with Crippen LogP contribution in [0.2, 0.25) is 0 Å². The number of benzene rings is 11. The molecule has 2 heterocycles. The standard InChI is InChI=1S/C58H35NS/c1-2-11-47-45(9-1)46-10-3-4-12-48(46)53-33-42(23-28-49(47)53)39-19-17-38-32-40(20-18-37(38)31-39)43-24-29-51-50-13-5-7-15-55(50)59(56(51)35-43)44-26-21-36(22-27-44)41-25-30-58-54(34-41)52-14-6-8-16-57(52)60-58/h1-35H. The number of aromatic nitrogens is 1. The molecule has 0 amide bonds. The molecule has 278 valence electrons. The molecular formula is C58H35NS. The maximum absolute atomic E-state index is 2.43. The fourth-order valence-corrected chi connectivity index (χ4v) is 10.9. The summed E-state index contributed by atoms with van der Waals surface area (Å²) in [4.78, 5) is 0. The van der Waals surface area contributed by atoms with Crippen LogP contribution in [0.1, 0.15) is 0 Å². The van der Waals surface area contributed by atoms with Gasteiger partial charge >= 0.3 is 0 Å². The number of thiophene rings is 1. The summed E-state index contributed by atoms with van der Waals surface area (Å²) in [6.45, 7) is 0. The lowest BCUT2D eigenvalue weighted by Gasteiger charge is -2.13. The molecule has 1 nitrogen and oxygen atoms in total. The summed E-state index contributed by atoms with van der Waals surface area (Å²) in [6, 6.07) is 78.8. The largest absolute Gasteiger partial charge is 0.309 e. The topological polar surface area (TPSA) is 4.93 Å². The smallest absolute Gasteiger partial charge is 0.0547 e. The highest BCUT2D eigenvalue weighted by Gasteiger charge is 2.15. The third-order valence-corrected chi connectivity index (χ3v) is 13.9. The van der Waals surface area contributed by atoms with Crippen LogP contribution in [0.15, 0.2) is 212 Å². The maximum Gasteiger partial charge on any atom is 0.0547 e. The molecule has 0 unspecified atom stereocenters. The van der Waals surface area contributed by atoms with Crippen molar-refractivity contribution in [3.05, 3.63) is 212 Å². The Kier molecular flexibility index (Phi) is 7.24. The zero-order chi connectivity index (χ0) is 39.3. The highest BCUT2D eigenvalue weighted by Crippen LogP contribution is 2.40. The molecule has 0 aliphatic heterocycles. The van der Waals surface area contributed by atoms with E-state index in [1.54, 1.807) is 0 Å². The minimum absolute atomic E-state index is 1.16. The van der Waals surface area contributed by atoms with E-state index >= 15 is 0 Å². The molecule has 13 rings (SSSR count). The average molecular weight is 778 g/mol. The van der Waals surface area contributed by atoms with Crippen LogP contribution in [-0.4, -0.2) is 4.57 Å². The van der Waals surface area contributed by atoms with E-state index in [4.69, 9.17) is 0 Å². The summed E-state index contributed by atoms with van der Waals surface area (Å²) in [5.41, 5.74) is 10.9. The second-order valence-electron chi connectivity index (χ2n) is 16.1. The normalized spacial score (nSPS) is 12.0. The van der Waals surface area contributed by atoms with Crippen molar-refractivity contribution in [2.24, 2.45) is 0 Å². The van der Waals surface area contributed by atoms with Gasteiger partial charge in [0.15, 0.2) is 0 Å². The number of hydrogen-bond donors (Lipinski definition) is 0. The van der Waals surface area contributed by atoms with Crippen LogP contribution in [-0.2, 0) is 0 Å². The van der Waals surface area contributed by atoms with Gasteiger partial charge in [0, 0.05) is 36.6 Å². The van der Waals surface area contributed by atoms with Gasteiger partial charge in [-0.3, -0.25) is 0 Å². The molecule has 0 radical (unpaired) electrons. The Morgan fingerprint density at radius 3 is 1.38 bits per heavy atom. The zero-order valence-electron chi connectivity index (χ0n) is 32.6. The number of hydrogen-bond acceptors (Lipinski definition) is 1. The second kappa shape index (κ2) is 13.0. The fraction of sp³-hybridized carbons (Fsp3) is 0. The number of fused-ring (bicyclic) bond motifs is 13. The third kappa shape index (κ3) is 5.11. The van der Waals surface area contributed by atoms with E-state index in [9.17, 15) is 0 Å². The Morgan fingerprint density at radius 2 is 0.683 bits per heavy atom. The minimum atomic E-state index is 1.16. The van der Waals surface area contributed by atoms with Gasteiger partial charge in [-0.2, -0.15) is 0 Å². The lowest BCUT2D eigenvalue weighted by molar-refractivity contribution is 1.18. The molecule has 0 spiro atoms. The van der Waals surface area contributed by atoms with Gasteiger partial charge < -0.3 is 4.57 Å². The van der Waals surface area contributed by atoms with Gasteiger partial charge in [-0.05, 0) is 137 Å². The van der Waals surface area contributed by atoms with Gasteiger partial charge in [-0.15, -0.1) is 11.3 Å². The molecule has 0 aliphatic rings. The van der Waals surface area contributed by atoms with Gasteiger partial charge in [0.25, 0.3) is 0 Å². The molecule has 0 saturated carbocycles. The van der Waals surface area contributed by atoms with Gasteiger partial charge in [0.1, 0.15) is 0 Å². The Hall–Kier alpha value is -7.52. The van der Waals surface area contributed by atoms with Gasteiger partial charge in [0.05, 0.1) is 11.0 Å². The van der Waals surface area contributed by atoms with Crippen molar-refractivity contribution in [1.29, 1.82) is 0 Å². The molecule has 0 saturated heterocycles. The van der Waals surface area contributed by atoms with Crippen molar-refractivity contribution >= 4 is 96.4 Å². The van der Waals surface area contributed by atoms with Crippen molar-refractivity contribution < 1.29 is 0 Å². The van der Waals surface area contributed by atoms with E-state index in [1.165, 1.54) is 118 Å². The molecule has 11 aromatic carbocycles. The molecule has 0 atom stereocenters. The van der Waals surface area contributed by atoms with E-state index in [0.717, 1.165) is 5.69 Å². The molecule has 13 aromatic rings. The van der Waals surface area contributed by atoms with Crippen molar-refractivity contribution in [3.63, 3.8) is 0 Å². The van der Waals surface area contributed by atoms with E-state index in [1.807, 2.05) is 11.3 Å². The van der Waals surface area contributed by atoms with Crippen LogP contribution >= 0.6 is 11.3 Å². The predicted octanol–water partition coefficient (Wildman–Crippen LogP) is 16.8. The summed E-state index contributed by atoms with van der Waals surface area (Å²) in [7, 11) is 0. The van der Waals surface area contributed by atoms with E-state index in [2.05, 4.69) is 217 Å². The lowest BCUT2D eigenvalue weighted by atomic mass is 9.91. The maximum atomic E-state index is 2.43. The minimum Gasteiger partial charge on any atom is -0.309 e. The van der Waals surface area contributed by atoms with Crippen molar-refractivity contribution in [2.75, 3.05) is 0 Å². The van der Waals surface area contributed by atoms with Crippen molar-refractivity contribution in [3.8, 4) is 39.1 Å². The SMILES string of the molecule is c1ccc2c(c1)sc1ccc(-c3ccc(-n4c5ccccc5c5ccc(-c6ccc7cc(-c8ccc9c%10ccccc%10c%10ccccc%10c9c8)ccc7c6)cc54)cc3)cc12. The molecule has 0 fully saturated rings. The summed E-state index contributed by atoms with van der Waals surface area (Å²) in [6.07, 6.45) is 0. The highest BCUT2D eigenvalue weighted by atomic mass is 32.1. The van der Waals surface area contributed by atoms with Gasteiger partial charge in [-0.1, -0.05) is 152 Å². The lowest BCUT2D eigenvalue weighted by Crippen LogP contribution is -1.94. The van der Waals surface area contributed by atoms with Gasteiger partial charge in [-0.25, -0.2) is 0 Å². The summed E-state index contributed by atoms with van der Waals surface area (Å²) in [5.74, 6) is 0. The van der Waals surface area contributed by atoms with Crippen LogP contribution in [0, 0.1) is 0 Å². The Morgan fingerprint density at radius 1 is 0.250 bits per heavy atom. The number of para-hydroxylation sites is 1. The van der Waals surface area contributed by atoms with E-state index in [0.29, 0.717) is 0 Å². The van der Waals surface area contributed by atoms with Crippen LogP contribution in [0.3, 0.4) is 0 Å². The van der Waals surface area contributed by atoms with Crippen LogP contribution in [0.4, 0.5) is 0 Å². The van der Waals surface area contributed by atoms with Gasteiger partial charge in [0.2, 0.25) is 0 Å². The summed E-state index contributed by atoms with van der Waals surface area (Å²) < 4.78 is 5.09. The van der Waals surface area contributed by atoms with Crippen LogP contribution in [0.5, 0.6) is 0 Å². The average Bonchev–Trinajstić information content (AvgIpc) is 3.86. The first-order valence-electron chi connectivity index (χ1n) is 20.7. The summed E-state index contributed by atoms with van der Waals surface area (Å²) >= 11 is 1.86. The Labute approximate surface area is 350 Å². The molecule has 2 heteroatoms. The zero-order valence-corrected chi connectivity index (χ0v) is 33.4. The van der Waals surface area contributed by atoms with Crippen molar-refractivity contribution in [1.82, 2.24) is 4.57 Å². The van der Waals surface area contributed by atoms with E-state index in [-0.39, 0.29) is 0 Å². The quantitative estimate of drug-likeness (QED) is 0.157. The first kappa shape index (κ1) is 33.5. The monoisotopic (exact) mass is 777 g/mol. The third-order valence-electron chi connectivity index (χ3n) is 12.8. The molecule has 0 bridgehead atoms. The van der Waals surface area contributed by atoms with Crippen molar-refractivity contribution in [2.45, 2.75) is 0 Å². The molecule has 0 aliphatic carbocycles. The van der Waals surface area contributed by atoms with E-state index < -0.39 is 0 Å². The van der Waals surface area contributed by atoms with Crippen LogP contribution in [0.25, 0.3) is 124 Å². The number of rotatable bonds is 4. The molecule has 2 aromatic heterocycles. The number of nitrogens with zero attached hydrogens (tertiary/aromatic N) is 1. The summed E-state index contributed by atoms with van der Waals surface area (Å²) in [5, 5.41) is 15.5. The Bertz CT molecular complexity index is 3850. The molecule has 60 heavy (non-hydrogen) atoms. The molecular weight excluding hydrogens is 743 g/mol. The first-order valence-corrected chi connectivity index (χ1v) is 21.5.